The molecule has 1 aliphatic heterocycles. The number of alkyl halides is 3. The van der Waals surface area contributed by atoms with Crippen LogP contribution in [-0.4, -0.2) is 29.4 Å². The van der Waals surface area contributed by atoms with E-state index in [2.05, 4.69) is 21.2 Å². The second kappa shape index (κ2) is 8.17. The second-order valence-corrected chi connectivity index (χ2v) is 9.07. The molecule has 0 spiro atoms. The van der Waals surface area contributed by atoms with Crippen molar-refractivity contribution in [3.63, 3.8) is 0 Å². The first kappa shape index (κ1) is 22.8. The predicted octanol–water partition coefficient (Wildman–Crippen LogP) is 5.11. The van der Waals surface area contributed by atoms with Gasteiger partial charge in [-0.2, -0.15) is 13.2 Å². The topological polar surface area (TPSA) is 84.0 Å². The van der Waals surface area contributed by atoms with Crippen molar-refractivity contribution in [3.05, 3.63) is 59.7 Å². The van der Waals surface area contributed by atoms with E-state index in [4.69, 9.17) is 9.47 Å². The van der Waals surface area contributed by atoms with E-state index in [1.54, 1.807) is 45.0 Å². The van der Waals surface area contributed by atoms with Gasteiger partial charge in [-0.15, -0.1) is 5.10 Å². The van der Waals surface area contributed by atoms with Crippen LogP contribution in [0.1, 0.15) is 44.7 Å². The Kier molecular flexibility index (Phi) is 5.63. The van der Waals surface area contributed by atoms with Crippen LogP contribution in [0.4, 0.5) is 29.3 Å². The Morgan fingerprint density at radius 2 is 1.79 bits per heavy atom. The lowest BCUT2D eigenvalue weighted by Crippen LogP contribution is -2.51. The SMILES string of the molecule is CC(C)(C)OC(=O)NC1(C2NN=C(c3ccccc3Nc3ccc(C(F)(F)F)cc3)O2)CC1. The van der Waals surface area contributed by atoms with E-state index in [-0.39, 0.29) is 0 Å². The van der Waals surface area contributed by atoms with Crippen molar-refractivity contribution in [3.8, 4) is 0 Å². The molecule has 1 heterocycles. The average Bonchev–Trinajstić information content (AvgIpc) is 3.31. The number of hydrazone groups is 1. The molecule has 2 aromatic rings. The molecule has 0 bridgehead atoms. The number of para-hydroxylation sites is 1. The number of carbonyl (C=O) groups excluding carboxylic acids is 1. The number of hydrogen-bond donors (Lipinski definition) is 3. The number of alkyl carbamates (subject to hydrolysis) is 1. The number of amides is 1. The van der Waals surface area contributed by atoms with E-state index in [1.165, 1.54) is 12.1 Å². The third-order valence-electron chi connectivity index (χ3n) is 5.20. The molecule has 4 rings (SSSR count). The minimum absolute atomic E-state index is 0.312. The maximum atomic E-state index is 12.8. The fraction of sp³-hybridized carbons (Fsp3) is 0.391. The molecule has 33 heavy (non-hydrogen) atoms. The summed E-state index contributed by atoms with van der Waals surface area (Å²) in [5.74, 6) is 0.312. The van der Waals surface area contributed by atoms with Gasteiger partial charge >= 0.3 is 12.3 Å². The van der Waals surface area contributed by atoms with Gasteiger partial charge in [0.25, 0.3) is 0 Å². The van der Waals surface area contributed by atoms with E-state index >= 15 is 0 Å². The fourth-order valence-corrected chi connectivity index (χ4v) is 3.41. The first-order valence-electron chi connectivity index (χ1n) is 10.5. The summed E-state index contributed by atoms with van der Waals surface area (Å²) in [5.41, 5.74) is 2.71. The first-order chi connectivity index (χ1) is 15.5. The van der Waals surface area contributed by atoms with Crippen LogP contribution in [0.15, 0.2) is 53.6 Å². The number of benzene rings is 2. The van der Waals surface area contributed by atoms with Gasteiger partial charge in [-0.3, -0.25) is 5.43 Å². The number of carbonyl (C=O) groups is 1. The molecule has 10 heteroatoms. The molecular formula is C23H25F3N4O3. The third-order valence-corrected chi connectivity index (χ3v) is 5.20. The van der Waals surface area contributed by atoms with Gasteiger partial charge in [0, 0.05) is 5.69 Å². The van der Waals surface area contributed by atoms with E-state index in [1.807, 2.05) is 0 Å². The highest BCUT2D eigenvalue weighted by Crippen LogP contribution is 2.41. The van der Waals surface area contributed by atoms with Gasteiger partial charge in [0.2, 0.25) is 12.1 Å². The van der Waals surface area contributed by atoms with E-state index in [0.717, 1.165) is 12.1 Å². The Hall–Kier alpha value is -3.43. The van der Waals surface area contributed by atoms with Gasteiger partial charge in [0.05, 0.1) is 16.8 Å². The second-order valence-electron chi connectivity index (χ2n) is 9.07. The number of nitrogens with zero attached hydrogens (tertiary/aromatic N) is 1. The molecule has 3 N–H and O–H groups in total. The molecule has 0 saturated heterocycles. The van der Waals surface area contributed by atoms with Gasteiger partial charge in [-0.1, -0.05) is 12.1 Å². The van der Waals surface area contributed by atoms with Crippen molar-refractivity contribution in [1.29, 1.82) is 0 Å². The summed E-state index contributed by atoms with van der Waals surface area (Å²) < 4.78 is 49.8. The largest absolute Gasteiger partial charge is 0.448 e. The molecule has 2 aromatic carbocycles. The summed E-state index contributed by atoms with van der Waals surface area (Å²) in [6.07, 6.45) is -4.08. The van der Waals surface area contributed by atoms with E-state index < -0.39 is 35.2 Å². The van der Waals surface area contributed by atoms with Crippen molar-refractivity contribution >= 4 is 23.4 Å². The normalized spacial score (nSPS) is 19.1. The summed E-state index contributed by atoms with van der Waals surface area (Å²) in [6, 6.07) is 11.9. The summed E-state index contributed by atoms with van der Waals surface area (Å²) in [6.45, 7) is 5.37. The first-order valence-corrected chi connectivity index (χ1v) is 10.5. The molecule has 1 saturated carbocycles. The minimum atomic E-state index is -4.39. The van der Waals surface area contributed by atoms with Gasteiger partial charge < -0.3 is 20.1 Å². The van der Waals surface area contributed by atoms with Crippen molar-refractivity contribution < 1.29 is 27.4 Å². The van der Waals surface area contributed by atoms with Crippen LogP contribution >= 0.6 is 0 Å². The highest BCUT2D eigenvalue weighted by Gasteiger charge is 2.55. The monoisotopic (exact) mass is 462 g/mol. The van der Waals surface area contributed by atoms with E-state index in [0.29, 0.717) is 35.7 Å². The summed E-state index contributed by atoms with van der Waals surface area (Å²) in [7, 11) is 0. The van der Waals surface area contributed by atoms with Crippen molar-refractivity contribution in [2.45, 2.75) is 57.2 Å². The van der Waals surface area contributed by atoms with Crippen molar-refractivity contribution in [2.75, 3.05) is 5.32 Å². The zero-order valence-corrected chi connectivity index (χ0v) is 18.4. The quantitative estimate of drug-likeness (QED) is 0.575. The predicted molar refractivity (Wildman–Crippen MR) is 117 cm³/mol. The lowest BCUT2D eigenvalue weighted by atomic mass is 10.1. The van der Waals surface area contributed by atoms with Crippen molar-refractivity contribution in [1.82, 2.24) is 10.7 Å². The van der Waals surface area contributed by atoms with Crippen LogP contribution in [0.5, 0.6) is 0 Å². The van der Waals surface area contributed by atoms with Gasteiger partial charge in [0.1, 0.15) is 11.1 Å². The standard InChI is InChI=1S/C23H25F3N4O3/c1-21(2,3)33-20(31)28-22(12-13-22)19-30-29-18(32-19)16-6-4-5-7-17(16)27-15-10-8-14(9-11-15)23(24,25)26/h4-11,19,27,30H,12-13H2,1-3H3,(H,28,31). The summed E-state index contributed by atoms with van der Waals surface area (Å²) >= 11 is 0. The number of ether oxygens (including phenoxy) is 2. The minimum Gasteiger partial charge on any atom is -0.448 e. The zero-order chi connectivity index (χ0) is 23.9. The molecule has 0 radical (unpaired) electrons. The van der Waals surface area contributed by atoms with Gasteiger partial charge in [-0.05, 0) is 70.0 Å². The number of nitrogens with one attached hydrogen (secondary N) is 3. The van der Waals surface area contributed by atoms with E-state index in [9.17, 15) is 18.0 Å². The maximum absolute atomic E-state index is 12.8. The summed E-state index contributed by atoms with van der Waals surface area (Å²) in [5, 5.41) is 10.3. The molecule has 1 aliphatic carbocycles. The highest BCUT2D eigenvalue weighted by molar-refractivity contribution is 6.00. The Morgan fingerprint density at radius 1 is 1.12 bits per heavy atom. The number of rotatable bonds is 5. The van der Waals surface area contributed by atoms with Crippen LogP contribution in [0.25, 0.3) is 0 Å². The third kappa shape index (κ3) is 5.32. The molecule has 0 aromatic heterocycles. The molecule has 7 nitrogen and oxygen atoms in total. The summed E-state index contributed by atoms with van der Waals surface area (Å²) in [4.78, 5) is 12.2. The van der Waals surface area contributed by atoms with Gasteiger partial charge in [0.15, 0.2) is 0 Å². The molecule has 1 amide bonds. The van der Waals surface area contributed by atoms with Crippen LogP contribution < -0.4 is 16.1 Å². The lowest BCUT2D eigenvalue weighted by Gasteiger charge is -2.26. The van der Waals surface area contributed by atoms with Crippen LogP contribution in [0, 0.1) is 0 Å². The number of anilines is 2. The Morgan fingerprint density at radius 3 is 2.39 bits per heavy atom. The van der Waals surface area contributed by atoms with Crippen LogP contribution in [0.3, 0.4) is 0 Å². The van der Waals surface area contributed by atoms with Gasteiger partial charge in [-0.25, -0.2) is 4.79 Å². The Balaban J connectivity index is 1.44. The zero-order valence-electron chi connectivity index (χ0n) is 18.4. The van der Waals surface area contributed by atoms with Crippen LogP contribution in [-0.2, 0) is 15.7 Å². The molecule has 2 aliphatic rings. The Labute approximate surface area is 189 Å². The Bertz CT molecular complexity index is 1060. The molecule has 1 atom stereocenters. The molecule has 176 valence electrons. The average molecular weight is 462 g/mol. The molecule has 1 fully saturated rings. The lowest BCUT2D eigenvalue weighted by molar-refractivity contribution is -0.137. The highest BCUT2D eigenvalue weighted by atomic mass is 19.4. The van der Waals surface area contributed by atoms with Crippen molar-refractivity contribution in [2.24, 2.45) is 5.10 Å². The van der Waals surface area contributed by atoms with Crippen LogP contribution in [0.2, 0.25) is 0 Å². The maximum Gasteiger partial charge on any atom is 0.416 e. The molecular weight excluding hydrogens is 437 g/mol. The number of hydrogen-bond acceptors (Lipinski definition) is 6. The molecule has 1 unspecified atom stereocenters. The smallest absolute Gasteiger partial charge is 0.416 e. The fourth-order valence-electron chi connectivity index (χ4n) is 3.41. The number of halogens is 3.